The van der Waals surface area contributed by atoms with Crippen molar-refractivity contribution in [1.29, 1.82) is 0 Å². The van der Waals surface area contributed by atoms with Crippen LogP contribution in [0.25, 0.3) is 11.0 Å². The van der Waals surface area contributed by atoms with Crippen molar-refractivity contribution in [1.82, 2.24) is 9.97 Å². The molecule has 0 unspecified atom stereocenters. The Bertz CT molecular complexity index is 874. The number of aromatic nitrogens is 2. The average Bonchev–Trinajstić information content (AvgIpc) is 2.77. The van der Waals surface area contributed by atoms with Crippen LogP contribution in [-0.2, 0) is 0 Å². The van der Waals surface area contributed by atoms with E-state index in [1.807, 2.05) is 6.92 Å². The van der Waals surface area contributed by atoms with E-state index in [1.54, 1.807) is 36.4 Å². The van der Waals surface area contributed by atoms with E-state index in [2.05, 4.69) is 9.97 Å². The highest BCUT2D eigenvalue weighted by Crippen LogP contribution is 2.18. The molecule has 2 aromatic carbocycles. The summed E-state index contributed by atoms with van der Waals surface area (Å²) in [5, 5.41) is 0. The third-order valence-corrected chi connectivity index (χ3v) is 3.27. The highest BCUT2D eigenvalue weighted by atomic mass is 16.1. The van der Waals surface area contributed by atoms with Crippen LogP contribution in [0.1, 0.15) is 21.5 Å². The number of aromatic amines is 2. The number of nitrogens with two attached hydrogens (primary N) is 1. The molecule has 0 fully saturated rings. The summed E-state index contributed by atoms with van der Waals surface area (Å²) in [6.07, 6.45) is 0. The quantitative estimate of drug-likeness (QED) is 0.489. The van der Waals surface area contributed by atoms with Gasteiger partial charge in [-0.05, 0) is 48.9 Å². The number of H-pyrrole nitrogens is 2. The molecule has 0 bridgehead atoms. The summed E-state index contributed by atoms with van der Waals surface area (Å²) in [6, 6.07) is 10.3. The monoisotopic (exact) mass is 267 g/mol. The van der Waals surface area contributed by atoms with Crippen molar-refractivity contribution in [3.8, 4) is 0 Å². The van der Waals surface area contributed by atoms with E-state index in [0.29, 0.717) is 27.8 Å². The van der Waals surface area contributed by atoms with Crippen LogP contribution in [0.4, 0.5) is 5.69 Å². The zero-order chi connectivity index (χ0) is 14.3. The fraction of sp³-hybridized carbons (Fsp3) is 0.0667. The Balaban J connectivity index is 2.09. The maximum atomic E-state index is 12.5. The predicted octanol–water partition coefficient (Wildman–Crippen LogP) is 1.98. The molecule has 0 aliphatic rings. The molecule has 0 radical (unpaired) electrons. The number of nitrogens with one attached hydrogen (secondary N) is 2. The first-order chi connectivity index (χ1) is 9.54. The molecular formula is C15H13N3O2. The molecule has 0 aliphatic heterocycles. The Labute approximate surface area is 114 Å². The van der Waals surface area contributed by atoms with Gasteiger partial charge in [-0.3, -0.25) is 4.79 Å². The largest absolute Gasteiger partial charge is 0.399 e. The lowest BCUT2D eigenvalue weighted by molar-refractivity contribution is 0.103. The molecule has 0 amide bonds. The van der Waals surface area contributed by atoms with Gasteiger partial charge in [0.15, 0.2) is 5.78 Å². The molecule has 20 heavy (non-hydrogen) atoms. The summed E-state index contributed by atoms with van der Waals surface area (Å²) in [7, 11) is 0. The Hall–Kier alpha value is -2.82. The minimum atomic E-state index is -0.284. The van der Waals surface area contributed by atoms with Crippen molar-refractivity contribution in [3.05, 3.63) is 63.6 Å². The number of hydrogen-bond acceptors (Lipinski definition) is 3. The molecule has 4 N–H and O–H groups in total. The summed E-state index contributed by atoms with van der Waals surface area (Å²) in [4.78, 5) is 29.0. The van der Waals surface area contributed by atoms with Crippen molar-refractivity contribution in [2.75, 3.05) is 5.73 Å². The van der Waals surface area contributed by atoms with Gasteiger partial charge in [0.1, 0.15) is 0 Å². The van der Waals surface area contributed by atoms with Crippen LogP contribution >= 0.6 is 0 Å². The molecule has 1 aromatic heterocycles. The SMILES string of the molecule is Cc1cc(N)ccc1C(=O)c1ccc2[nH]c(=O)[nH]c2c1. The second kappa shape index (κ2) is 4.38. The van der Waals surface area contributed by atoms with E-state index in [-0.39, 0.29) is 11.5 Å². The van der Waals surface area contributed by atoms with Gasteiger partial charge in [0.25, 0.3) is 0 Å². The second-order valence-corrected chi connectivity index (χ2v) is 4.74. The van der Waals surface area contributed by atoms with Crippen LogP contribution in [0.15, 0.2) is 41.2 Å². The van der Waals surface area contributed by atoms with Gasteiger partial charge in [-0.15, -0.1) is 0 Å². The molecule has 3 rings (SSSR count). The zero-order valence-electron chi connectivity index (χ0n) is 10.9. The number of benzene rings is 2. The first-order valence-corrected chi connectivity index (χ1v) is 6.17. The number of imidazole rings is 1. The third-order valence-electron chi connectivity index (χ3n) is 3.27. The number of fused-ring (bicyclic) bond motifs is 1. The maximum Gasteiger partial charge on any atom is 0.323 e. The second-order valence-electron chi connectivity index (χ2n) is 4.74. The van der Waals surface area contributed by atoms with Crippen molar-refractivity contribution < 1.29 is 4.79 Å². The first-order valence-electron chi connectivity index (χ1n) is 6.17. The molecule has 100 valence electrons. The minimum Gasteiger partial charge on any atom is -0.399 e. The first kappa shape index (κ1) is 12.2. The number of carbonyl (C=O) groups is 1. The lowest BCUT2D eigenvalue weighted by atomic mass is 9.98. The molecule has 0 saturated heterocycles. The van der Waals surface area contributed by atoms with Crippen LogP contribution < -0.4 is 11.4 Å². The number of rotatable bonds is 2. The molecule has 3 aromatic rings. The number of ketones is 1. The van der Waals surface area contributed by atoms with Gasteiger partial charge in [0.05, 0.1) is 11.0 Å². The number of anilines is 1. The maximum absolute atomic E-state index is 12.5. The Morgan fingerprint density at radius 2 is 1.80 bits per heavy atom. The fourth-order valence-corrected chi connectivity index (χ4v) is 2.27. The number of aryl methyl sites for hydroxylation is 1. The number of hydrogen-bond donors (Lipinski definition) is 3. The molecule has 5 nitrogen and oxygen atoms in total. The number of nitrogen functional groups attached to an aromatic ring is 1. The fourth-order valence-electron chi connectivity index (χ4n) is 2.27. The smallest absolute Gasteiger partial charge is 0.323 e. The van der Waals surface area contributed by atoms with E-state index >= 15 is 0 Å². The molecule has 0 spiro atoms. The Morgan fingerprint density at radius 3 is 2.55 bits per heavy atom. The lowest BCUT2D eigenvalue weighted by Crippen LogP contribution is -2.04. The van der Waals surface area contributed by atoms with E-state index in [1.165, 1.54) is 0 Å². The summed E-state index contributed by atoms with van der Waals surface area (Å²) in [5.41, 5.74) is 9.30. The van der Waals surface area contributed by atoms with Crippen LogP contribution in [0, 0.1) is 6.92 Å². The normalized spacial score (nSPS) is 10.8. The summed E-state index contributed by atoms with van der Waals surface area (Å²) in [6.45, 7) is 1.85. The molecular weight excluding hydrogens is 254 g/mol. The van der Waals surface area contributed by atoms with Gasteiger partial charge in [-0.1, -0.05) is 0 Å². The molecule has 0 atom stereocenters. The lowest BCUT2D eigenvalue weighted by Gasteiger charge is -2.06. The summed E-state index contributed by atoms with van der Waals surface area (Å²) in [5.74, 6) is -0.0913. The summed E-state index contributed by atoms with van der Waals surface area (Å²) < 4.78 is 0. The van der Waals surface area contributed by atoms with Crippen molar-refractivity contribution >= 4 is 22.5 Å². The minimum absolute atomic E-state index is 0.0913. The average molecular weight is 267 g/mol. The van der Waals surface area contributed by atoms with Gasteiger partial charge in [-0.25, -0.2) is 4.79 Å². The highest BCUT2D eigenvalue weighted by Gasteiger charge is 2.13. The molecule has 0 aliphatic carbocycles. The van der Waals surface area contributed by atoms with E-state index in [0.717, 1.165) is 5.56 Å². The van der Waals surface area contributed by atoms with Crippen LogP contribution in [-0.4, -0.2) is 15.8 Å². The van der Waals surface area contributed by atoms with Crippen LogP contribution in [0.3, 0.4) is 0 Å². The van der Waals surface area contributed by atoms with Crippen molar-refractivity contribution in [2.45, 2.75) is 6.92 Å². The third kappa shape index (κ3) is 1.99. The van der Waals surface area contributed by atoms with E-state index in [4.69, 9.17) is 5.73 Å². The van der Waals surface area contributed by atoms with Gasteiger partial charge in [-0.2, -0.15) is 0 Å². The molecule has 0 saturated carbocycles. The van der Waals surface area contributed by atoms with Crippen molar-refractivity contribution in [2.24, 2.45) is 0 Å². The Morgan fingerprint density at radius 1 is 1.05 bits per heavy atom. The molecule has 5 heteroatoms. The van der Waals surface area contributed by atoms with Crippen molar-refractivity contribution in [3.63, 3.8) is 0 Å². The zero-order valence-corrected chi connectivity index (χ0v) is 10.9. The van der Waals surface area contributed by atoms with E-state index in [9.17, 15) is 9.59 Å². The standard InChI is InChI=1S/C15H13N3O2/c1-8-6-10(16)3-4-11(8)14(19)9-2-5-12-13(7-9)18-15(20)17-12/h2-7H,16H2,1H3,(H2,17,18,20). The summed E-state index contributed by atoms with van der Waals surface area (Å²) >= 11 is 0. The predicted molar refractivity (Wildman–Crippen MR) is 77.9 cm³/mol. The van der Waals surface area contributed by atoms with Gasteiger partial charge in [0, 0.05) is 16.8 Å². The van der Waals surface area contributed by atoms with Gasteiger partial charge < -0.3 is 15.7 Å². The van der Waals surface area contributed by atoms with Crippen LogP contribution in [0.2, 0.25) is 0 Å². The highest BCUT2D eigenvalue weighted by molar-refractivity contribution is 6.11. The van der Waals surface area contributed by atoms with Gasteiger partial charge in [0.2, 0.25) is 0 Å². The topological polar surface area (TPSA) is 91.7 Å². The van der Waals surface area contributed by atoms with Crippen LogP contribution in [0.5, 0.6) is 0 Å². The van der Waals surface area contributed by atoms with Gasteiger partial charge >= 0.3 is 5.69 Å². The Kier molecular flexibility index (Phi) is 2.68. The van der Waals surface area contributed by atoms with E-state index < -0.39 is 0 Å². The molecule has 1 heterocycles. The number of carbonyl (C=O) groups excluding carboxylic acids is 1.